The molecule has 8 nitrogen and oxygen atoms in total. The van der Waals surface area contributed by atoms with Gasteiger partial charge in [-0.2, -0.15) is 5.10 Å². The summed E-state index contributed by atoms with van der Waals surface area (Å²) < 4.78 is 7.35. The van der Waals surface area contributed by atoms with Crippen molar-refractivity contribution < 1.29 is 4.74 Å². The maximum Gasteiger partial charge on any atom is 0.262 e. The minimum absolute atomic E-state index is 0.122. The first-order chi connectivity index (χ1) is 12.8. The third-order valence-electron chi connectivity index (χ3n) is 5.56. The second-order valence-corrected chi connectivity index (χ2v) is 7.02. The van der Waals surface area contributed by atoms with Crippen molar-refractivity contribution in [3.63, 3.8) is 0 Å². The molecule has 0 bridgehead atoms. The number of H-pyrrole nitrogens is 1. The maximum atomic E-state index is 12.6. The lowest BCUT2D eigenvalue weighted by Crippen LogP contribution is -2.28. The molecular formula is C18H20N6O2. The number of ether oxygens (including phenoxy) is 1. The Balaban J connectivity index is 1.53. The molecule has 1 aliphatic heterocycles. The van der Waals surface area contributed by atoms with Gasteiger partial charge in [-0.1, -0.05) is 0 Å². The predicted octanol–water partition coefficient (Wildman–Crippen LogP) is 1.92. The lowest BCUT2D eigenvalue weighted by Gasteiger charge is -2.34. The Labute approximate surface area is 149 Å². The molecule has 2 fully saturated rings. The highest BCUT2D eigenvalue weighted by Gasteiger charge is 2.37. The fraction of sp³-hybridized carbons (Fsp3) is 0.500. The Morgan fingerprint density at radius 1 is 1.08 bits per heavy atom. The van der Waals surface area contributed by atoms with Gasteiger partial charge in [0, 0.05) is 37.4 Å². The minimum Gasteiger partial charge on any atom is -0.381 e. The van der Waals surface area contributed by atoms with Crippen LogP contribution in [-0.2, 0) is 4.74 Å². The van der Waals surface area contributed by atoms with E-state index in [1.807, 2.05) is 10.7 Å². The molecule has 26 heavy (non-hydrogen) atoms. The van der Waals surface area contributed by atoms with Gasteiger partial charge in [0.05, 0.1) is 12.2 Å². The number of nitrogens with one attached hydrogen (secondary N) is 1. The van der Waals surface area contributed by atoms with E-state index in [1.54, 1.807) is 18.6 Å². The zero-order valence-electron chi connectivity index (χ0n) is 14.3. The molecule has 1 aliphatic carbocycles. The van der Waals surface area contributed by atoms with Gasteiger partial charge < -0.3 is 9.72 Å². The maximum absolute atomic E-state index is 12.6. The van der Waals surface area contributed by atoms with E-state index >= 15 is 0 Å². The van der Waals surface area contributed by atoms with E-state index in [4.69, 9.17) is 9.72 Å². The lowest BCUT2D eigenvalue weighted by molar-refractivity contribution is 0.0673. The molecule has 0 amide bonds. The Morgan fingerprint density at radius 2 is 1.85 bits per heavy atom. The van der Waals surface area contributed by atoms with E-state index in [0.717, 1.165) is 50.5 Å². The first-order valence-electron chi connectivity index (χ1n) is 9.13. The molecule has 0 spiro atoms. The summed E-state index contributed by atoms with van der Waals surface area (Å²) in [6, 6.07) is 2.05. The van der Waals surface area contributed by atoms with Crippen molar-refractivity contribution in [2.24, 2.45) is 0 Å². The molecule has 3 aromatic rings. The average molecular weight is 352 g/mol. The van der Waals surface area contributed by atoms with Crippen LogP contribution in [0.3, 0.4) is 0 Å². The summed E-state index contributed by atoms with van der Waals surface area (Å²) >= 11 is 0. The summed E-state index contributed by atoms with van der Waals surface area (Å²) in [7, 11) is 0. The zero-order chi connectivity index (χ0) is 17.5. The van der Waals surface area contributed by atoms with E-state index in [9.17, 15) is 4.79 Å². The molecule has 5 rings (SSSR count). The first-order valence-corrected chi connectivity index (χ1v) is 9.13. The van der Waals surface area contributed by atoms with Gasteiger partial charge in [0.15, 0.2) is 5.65 Å². The van der Waals surface area contributed by atoms with E-state index in [1.165, 1.54) is 0 Å². The number of hydrogen-bond acceptors (Lipinski definition) is 6. The standard InChI is InChI=1S/C18H20N6O2/c25-18-14-10-21-24(11-4-8-26-9-5-11)17(14)22-16(23-18)13-3-2-12(13)15-19-6-1-7-20-15/h1,6-7,10-13H,2-5,8-9H2,(H,22,23,25). The Hall–Kier alpha value is -2.61. The number of hydrogen-bond donors (Lipinski definition) is 1. The topological polar surface area (TPSA) is 98.6 Å². The van der Waals surface area contributed by atoms with Crippen molar-refractivity contribution in [3.05, 3.63) is 46.7 Å². The molecular weight excluding hydrogens is 332 g/mol. The first kappa shape index (κ1) is 15.6. The molecule has 134 valence electrons. The molecule has 1 saturated carbocycles. The van der Waals surface area contributed by atoms with Crippen LogP contribution < -0.4 is 5.56 Å². The highest BCUT2D eigenvalue weighted by Crippen LogP contribution is 2.46. The number of aromatic nitrogens is 6. The van der Waals surface area contributed by atoms with Crippen LogP contribution in [0.2, 0.25) is 0 Å². The zero-order valence-corrected chi connectivity index (χ0v) is 14.3. The van der Waals surface area contributed by atoms with Crippen molar-refractivity contribution in [1.29, 1.82) is 0 Å². The number of aromatic amines is 1. The minimum atomic E-state index is -0.122. The van der Waals surface area contributed by atoms with E-state index in [2.05, 4.69) is 20.1 Å². The largest absolute Gasteiger partial charge is 0.381 e. The van der Waals surface area contributed by atoms with Gasteiger partial charge in [0.1, 0.15) is 17.0 Å². The SMILES string of the molecule is O=c1[nH]c(C2CCC2c2ncccn2)nc2c1cnn2C1CCOCC1. The summed E-state index contributed by atoms with van der Waals surface area (Å²) in [5.74, 6) is 1.90. The molecule has 1 saturated heterocycles. The van der Waals surface area contributed by atoms with Crippen molar-refractivity contribution in [3.8, 4) is 0 Å². The quantitative estimate of drug-likeness (QED) is 0.773. The molecule has 3 aromatic heterocycles. The van der Waals surface area contributed by atoms with E-state index in [0.29, 0.717) is 11.0 Å². The predicted molar refractivity (Wildman–Crippen MR) is 94.0 cm³/mol. The molecule has 0 radical (unpaired) electrons. The number of nitrogens with zero attached hydrogens (tertiary/aromatic N) is 5. The van der Waals surface area contributed by atoms with E-state index < -0.39 is 0 Å². The fourth-order valence-corrected chi connectivity index (χ4v) is 3.96. The second kappa shape index (κ2) is 6.28. The molecule has 8 heteroatoms. The van der Waals surface area contributed by atoms with Gasteiger partial charge in [0.2, 0.25) is 0 Å². The van der Waals surface area contributed by atoms with Crippen LogP contribution in [0.1, 0.15) is 55.2 Å². The van der Waals surface area contributed by atoms with Crippen molar-refractivity contribution in [2.45, 2.75) is 43.6 Å². The average Bonchev–Trinajstić information content (AvgIpc) is 3.07. The van der Waals surface area contributed by atoms with Crippen LogP contribution in [0.15, 0.2) is 29.5 Å². The Bertz CT molecular complexity index is 976. The van der Waals surface area contributed by atoms with Gasteiger partial charge in [-0.05, 0) is 31.7 Å². The summed E-state index contributed by atoms with van der Waals surface area (Å²) in [4.78, 5) is 29.1. The monoisotopic (exact) mass is 352 g/mol. The summed E-state index contributed by atoms with van der Waals surface area (Å²) in [6.07, 6.45) is 8.92. The lowest BCUT2D eigenvalue weighted by atomic mass is 9.72. The summed E-state index contributed by atoms with van der Waals surface area (Å²) in [6.45, 7) is 1.44. The van der Waals surface area contributed by atoms with Crippen LogP contribution in [0, 0.1) is 0 Å². The van der Waals surface area contributed by atoms with Crippen molar-refractivity contribution in [2.75, 3.05) is 13.2 Å². The van der Waals surface area contributed by atoms with Gasteiger partial charge in [-0.3, -0.25) is 4.79 Å². The third kappa shape index (κ3) is 2.52. The van der Waals surface area contributed by atoms with E-state index in [-0.39, 0.29) is 23.4 Å². The molecule has 1 N–H and O–H groups in total. The molecule has 4 heterocycles. The Kier molecular flexibility index (Phi) is 3.77. The van der Waals surface area contributed by atoms with Gasteiger partial charge in [-0.15, -0.1) is 0 Å². The van der Waals surface area contributed by atoms with Crippen molar-refractivity contribution in [1.82, 2.24) is 29.7 Å². The second-order valence-electron chi connectivity index (χ2n) is 7.02. The molecule has 2 aliphatic rings. The van der Waals surface area contributed by atoms with Crippen LogP contribution in [-0.4, -0.2) is 42.9 Å². The molecule has 0 aromatic carbocycles. The highest BCUT2D eigenvalue weighted by atomic mass is 16.5. The molecule has 2 unspecified atom stereocenters. The van der Waals surface area contributed by atoms with Crippen LogP contribution in [0.5, 0.6) is 0 Å². The number of rotatable bonds is 3. The van der Waals surface area contributed by atoms with Gasteiger partial charge >= 0.3 is 0 Å². The smallest absolute Gasteiger partial charge is 0.262 e. The Morgan fingerprint density at radius 3 is 2.58 bits per heavy atom. The van der Waals surface area contributed by atoms with Gasteiger partial charge in [0.25, 0.3) is 5.56 Å². The number of fused-ring (bicyclic) bond motifs is 1. The van der Waals surface area contributed by atoms with Crippen LogP contribution in [0.4, 0.5) is 0 Å². The van der Waals surface area contributed by atoms with Crippen LogP contribution in [0.25, 0.3) is 11.0 Å². The van der Waals surface area contributed by atoms with Crippen LogP contribution >= 0.6 is 0 Å². The summed E-state index contributed by atoms with van der Waals surface area (Å²) in [5, 5.41) is 5.00. The normalized spacial score (nSPS) is 23.8. The summed E-state index contributed by atoms with van der Waals surface area (Å²) in [5.41, 5.74) is 0.554. The third-order valence-corrected chi connectivity index (χ3v) is 5.56. The van der Waals surface area contributed by atoms with Gasteiger partial charge in [-0.25, -0.2) is 19.6 Å². The highest BCUT2D eigenvalue weighted by molar-refractivity contribution is 5.73. The van der Waals surface area contributed by atoms with Crippen molar-refractivity contribution >= 4 is 11.0 Å². The molecule has 2 atom stereocenters. The fourth-order valence-electron chi connectivity index (χ4n) is 3.96.